The van der Waals surface area contributed by atoms with Crippen molar-refractivity contribution in [1.82, 2.24) is 9.97 Å². The van der Waals surface area contributed by atoms with Crippen molar-refractivity contribution in [3.63, 3.8) is 0 Å². The summed E-state index contributed by atoms with van der Waals surface area (Å²) in [5.74, 6) is -0.408. The molecule has 92 valence electrons. The molecule has 3 N–H and O–H groups in total. The Hall–Kier alpha value is -1.11. The zero-order valence-corrected chi connectivity index (χ0v) is 10.2. The number of aromatic amines is 1. The zero-order valence-electron chi connectivity index (χ0n) is 8.56. The Morgan fingerprint density at radius 3 is 2.56 bits per heavy atom. The largest absolute Gasteiger partial charge is 0.458 e. The van der Waals surface area contributed by atoms with Crippen LogP contribution < -0.4 is 5.73 Å². The van der Waals surface area contributed by atoms with Gasteiger partial charge in [0, 0.05) is 6.92 Å². The molecule has 16 heavy (non-hydrogen) atoms. The predicted octanol–water partition coefficient (Wildman–Crippen LogP) is 0.458. The van der Waals surface area contributed by atoms with Crippen LogP contribution in [0.2, 0.25) is 0 Å². The fraction of sp³-hybridized carbons (Fsp3) is 0.375. The fourth-order valence-corrected chi connectivity index (χ4v) is 0.829. The average Bonchev–Trinajstić information content (AvgIpc) is 2.62. The molecule has 0 saturated carbocycles. The molecule has 0 aromatic carbocycles. The maximum atomic E-state index is 10.8. The first-order chi connectivity index (χ1) is 6.63. The van der Waals surface area contributed by atoms with Crippen molar-refractivity contribution < 1.29 is 14.3 Å². The molecule has 0 spiro atoms. The molecule has 1 rings (SSSR count). The van der Waals surface area contributed by atoms with Crippen LogP contribution in [0.1, 0.15) is 23.2 Å². The number of hydrogen-bond donors (Lipinski definition) is 2. The van der Waals surface area contributed by atoms with Crippen molar-refractivity contribution in [2.45, 2.75) is 13.5 Å². The first-order valence-electron chi connectivity index (χ1n) is 4.04. The Kier molecular flexibility index (Phi) is 8.74. The SMILES string of the molecule is CC(=O)c1ncc(COC(=O)CN)[nH]1.Cl.Cl. The number of Topliss-reactive ketones (excluding diaryl/α,β-unsaturated/α-hetero) is 1. The second-order valence-corrected chi connectivity index (χ2v) is 2.68. The maximum Gasteiger partial charge on any atom is 0.320 e. The monoisotopic (exact) mass is 269 g/mol. The second-order valence-electron chi connectivity index (χ2n) is 2.68. The summed E-state index contributed by atoms with van der Waals surface area (Å²) in [6.45, 7) is 1.29. The Bertz CT molecular complexity index is 354. The summed E-state index contributed by atoms with van der Waals surface area (Å²) in [6, 6.07) is 0. The van der Waals surface area contributed by atoms with Gasteiger partial charge in [-0.2, -0.15) is 0 Å². The average molecular weight is 270 g/mol. The van der Waals surface area contributed by atoms with Crippen LogP contribution in [0.3, 0.4) is 0 Å². The molecule has 0 aliphatic rings. The fourth-order valence-electron chi connectivity index (χ4n) is 0.829. The number of nitrogens with zero attached hydrogens (tertiary/aromatic N) is 1. The van der Waals surface area contributed by atoms with Crippen LogP contribution >= 0.6 is 24.8 Å². The number of esters is 1. The van der Waals surface area contributed by atoms with E-state index in [1.807, 2.05) is 0 Å². The number of hydrogen-bond acceptors (Lipinski definition) is 5. The highest BCUT2D eigenvalue weighted by Gasteiger charge is 2.06. The number of imidazole rings is 1. The maximum absolute atomic E-state index is 10.8. The Morgan fingerprint density at radius 2 is 2.12 bits per heavy atom. The lowest BCUT2D eigenvalue weighted by Crippen LogP contribution is -2.16. The van der Waals surface area contributed by atoms with E-state index in [-0.39, 0.29) is 49.6 Å². The second kappa shape index (κ2) is 8.09. The predicted molar refractivity (Wildman–Crippen MR) is 61.9 cm³/mol. The van der Waals surface area contributed by atoms with Crippen LogP contribution in [0.4, 0.5) is 0 Å². The Labute approximate surface area is 105 Å². The molecular weight excluding hydrogens is 257 g/mol. The van der Waals surface area contributed by atoms with Crippen molar-refractivity contribution in [3.05, 3.63) is 17.7 Å². The smallest absolute Gasteiger partial charge is 0.320 e. The summed E-state index contributed by atoms with van der Waals surface area (Å²) >= 11 is 0. The van der Waals surface area contributed by atoms with E-state index < -0.39 is 5.97 Å². The highest BCUT2D eigenvalue weighted by Crippen LogP contribution is 1.99. The van der Waals surface area contributed by atoms with Crippen LogP contribution in [0.15, 0.2) is 6.20 Å². The van der Waals surface area contributed by atoms with Gasteiger partial charge in [-0.3, -0.25) is 9.59 Å². The summed E-state index contributed by atoms with van der Waals surface area (Å²) < 4.78 is 4.72. The number of rotatable bonds is 4. The van der Waals surface area contributed by atoms with Crippen LogP contribution in [0, 0.1) is 0 Å². The van der Waals surface area contributed by atoms with Crippen molar-refractivity contribution in [1.29, 1.82) is 0 Å². The summed E-state index contributed by atoms with van der Waals surface area (Å²) in [6.07, 6.45) is 1.44. The van der Waals surface area contributed by atoms with Gasteiger partial charge in [0.1, 0.15) is 6.61 Å². The number of ketones is 1. The molecule has 6 nitrogen and oxygen atoms in total. The minimum Gasteiger partial charge on any atom is -0.458 e. The summed E-state index contributed by atoms with van der Waals surface area (Å²) in [7, 11) is 0. The molecule has 0 atom stereocenters. The first-order valence-corrected chi connectivity index (χ1v) is 4.04. The van der Waals surface area contributed by atoms with Gasteiger partial charge >= 0.3 is 5.97 Å². The topological polar surface area (TPSA) is 98.1 Å². The lowest BCUT2D eigenvalue weighted by molar-refractivity contribution is -0.143. The normalized spacial score (nSPS) is 8.62. The third-order valence-corrected chi connectivity index (χ3v) is 1.52. The quantitative estimate of drug-likeness (QED) is 0.611. The van der Waals surface area contributed by atoms with E-state index in [2.05, 4.69) is 9.97 Å². The lowest BCUT2D eigenvalue weighted by atomic mass is 10.4. The minimum atomic E-state index is -0.496. The molecule has 0 saturated heterocycles. The Balaban J connectivity index is 0. The van der Waals surface area contributed by atoms with Crippen LogP contribution in [-0.2, 0) is 16.1 Å². The minimum absolute atomic E-state index is 0. The highest BCUT2D eigenvalue weighted by molar-refractivity contribution is 5.90. The molecule has 1 aromatic rings. The number of ether oxygens (including phenoxy) is 1. The summed E-state index contributed by atoms with van der Waals surface area (Å²) in [5.41, 5.74) is 5.60. The number of aromatic nitrogens is 2. The third-order valence-electron chi connectivity index (χ3n) is 1.52. The van der Waals surface area contributed by atoms with E-state index in [0.29, 0.717) is 5.69 Å². The van der Waals surface area contributed by atoms with Gasteiger partial charge in [-0.25, -0.2) is 4.98 Å². The summed E-state index contributed by atoms with van der Waals surface area (Å²) in [4.78, 5) is 28.0. The van der Waals surface area contributed by atoms with E-state index in [1.54, 1.807) is 0 Å². The van der Waals surface area contributed by atoms with E-state index in [1.165, 1.54) is 13.1 Å². The van der Waals surface area contributed by atoms with E-state index in [4.69, 9.17) is 10.5 Å². The zero-order chi connectivity index (χ0) is 10.6. The summed E-state index contributed by atoms with van der Waals surface area (Å²) in [5, 5.41) is 0. The van der Waals surface area contributed by atoms with Gasteiger partial charge < -0.3 is 15.5 Å². The molecule has 0 radical (unpaired) electrons. The number of H-pyrrole nitrogens is 1. The molecular formula is C8H13Cl2N3O3. The number of nitrogens with one attached hydrogen (secondary N) is 1. The number of halogens is 2. The molecule has 0 aliphatic carbocycles. The Morgan fingerprint density at radius 1 is 1.50 bits per heavy atom. The van der Waals surface area contributed by atoms with Gasteiger partial charge in [-0.15, -0.1) is 24.8 Å². The van der Waals surface area contributed by atoms with Gasteiger partial charge in [-0.05, 0) is 0 Å². The van der Waals surface area contributed by atoms with E-state index in [0.717, 1.165) is 0 Å². The van der Waals surface area contributed by atoms with Crippen LogP contribution in [0.5, 0.6) is 0 Å². The number of carbonyl (C=O) groups excluding carboxylic acids is 2. The number of carbonyl (C=O) groups is 2. The van der Waals surface area contributed by atoms with Gasteiger partial charge in [0.15, 0.2) is 11.6 Å². The van der Waals surface area contributed by atoms with E-state index in [9.17, 15) is 9.59 Å². The van der Waals surface area contributed by atoms with Crippen LogP contribution in [-0.4, -0.2) is 28.3 Å². The lowest BCUT2D eigenvalue weighted by Gasteiger charge is -1.99. The van der Waals surface area contributed by atoms with Gasteiger partial charge in [0.25, 0.3) is 0 Å². The van der Waals surface area contributed by atoms with Crippen molar-refractivity contribution in [2.24, 2.45) is 5.73 Å². The van der Waals surface area contributed by atoms with Gasteiger partial charge in [0.05, 0.1) is 18.4 Å². The molecule has 8 heteroatoms. The third kappa shape index (κ3) is 5.11. The molecule has 0 amide bonds. The van der Waals surface area contributed by atoms with Gasteiger partial charge in [-0.1, -0.05) is 0 Å². The standard InChI is InChI=1S/C8H11N3O3.2ClH/c1-5(12)8-10-3-6(11-8)4-14-7(13)2-9;;/h3H,2,4,9H2,1H3,(H,10,11);2*1H. The first kappa shape index (κ1) is 17.3. The molecule has 1 heterocycles. The van der Waals surface area contributed by atoms with Crippen molar-refractivity contribution in [3.8, 4) is 0 Å². The molecule has 0 unspecified atom stereocenters. The van der Waals surface area contributed by atoms with Crippen molar-refractivity contribution in [2.75, 3.05) is 6.54 Å². The van der Waals surface area contributed by atoms with Gasteiger partial charge in [0.2, 0.25) is 0 Å². The molecule has 0 bridgehead atoms. The molecule has 0 fully saturated rings. The van der Waals surface area contributed by atoms with E-state index >= 15 is 0 Å². The van der Waals surface area contributed by atoms with Crippen LogP contribution in [0.25, 0.3) is 0 Å². The van der Waals surface area contributed by atoms with Crippen molar-refractivity contribution >= 4 is 36.6 Å². The molecule has 1 aromatic heterocycles. The highest BCUT2D eigenvalue weighted by atomic mass is 35.5. The molecule has 0 aliphatic heterocycles. The number of nitrogens with two attached hydrogens (primary N) is 1.